The molecule has 0 bridgehead atoms. The Morgan fingerprint density at radius 2 is 0.444 bits per heavy atom. The first-order valence-electron chi connectivity index (χ1n) is 36.1. The fraction of sp³-hybridized carbons (Fsp3) is 0.853. The van der Waals surface area contributed by atoms with E-state index >= 15 is 0 Å². The van der Waals surface area contributed by atoms with E-state index in [4.69, 9.17) is 14.2 Å². The Kier molecular flexibility index (Phi) is 67.6. The lowest BCUT2D eigenvalue weighted by atomic mass is 10.0. The summed E-state index contributed by atoms with van der Waals surface area (Å²) >= 11 is 0. The third-order valence-electron chi connectivity index (χ3n) is 16.3. The number of allylic oxidation sites excluding steroid dienone is 8. The molecule has 0 heterocycles. The predicted molar refractivity (Wildman–Crippen MR) is 353 cm³/mol. The largest absolute Gasteiger partial charge is 0.462 e. The van der Waals surface area contributed by atoms with E-state index in [-0.39, 0.29) is 31.1 Å². The molecule has 474 valence electrons. The van der Waals surface area contributed by atoms with Gasteiger partial charge in [-0.25, -0.2) is 0 Å². The molecule has 0 saturated carbocycles. The summed E-state index contributed by atoms with van der Waals surface area (Å²) in [6.07, 6.45) is 88.6. The van der Waals surface area contributed by atoms with Gasteiger partial charge < -0.3 is 14.2 Å². The fourth-order valence-electron chi connectivity index (χ4n) is 10.9. The number of carbonyl (C=O) groups is 3. The van der Waals surface area contributed by atoms with Gasteiger partial charge in [-0.05, 0) is 83.5 Å². The first kappa shape index (κ1) is 78.4. The Hall–Kier alpha value is -2.63. The van der Waals surface area contributed by atoms with E-state index in [1.165, 1.54) is 270 Å². The van der Waals surface area contributed by atoms with E-state index in [0.29, 0.717) is 19.3 Å². The highest BCUT2D eigenvalue weighted by Crippen LogP contribution is 2.18. The molecule has 0 rings (SSSR count). The van der Waals surface area contributed by atoms with Crippen molar-refractivity contribution in [3.8, 4) is 0 Å². The minimum Gasteiger partial charge on any atom is -0.462 e. The molecule has 0 aliphatic carbocycles. The number of esters is 3. The summed E-state index contributed by atoms with van der Waals surface area (Å²) in [5.41, 5.74) is 0. The minimum atomic E-state index is -0.781. The number of unbranched alkanes of at least 4 members (excludes halogenated alkanes) is 48. The Bertz CT molecular complexity index is 1400. The maximum atomic E-state index is 13.0. The molecule has 81 heavy (non-hydrogen) atoms. The van der Waals surface area contributed by atoms with Gasteiger partial charge in [0.2, 0.25) is 0 Å². The van der Waals surface area contributed by atoms with Crippen LogP contribution in [0.25, 0.3) is 0 Å². The minimum absolute atomic E-state index is 0.0754. The molecule has 0 saturated heterocycles. The molecular formula is C75H138O6. The van der Waals surface area contributed by atoms with Crippen LogP contribution in [0.3, 0.4) is 0 Å². The predicted octanol–water partition coefficient (Wildman–Crippen LogP) is 24.9. The van der Waals surface area contributed by atoms with Crippen LogP contribution in [0.1, 0.15) is 393 Å². The molecule has 6 heteroatoms. The van der Waals surface area contributed by atoms with Crippen LogP contribution in [-0.2, 0) is 28.6 Å². The van der Waals surface area contributed by atoms with Crippen molar-refractivity contribution in [2.75, 3.05) is 13.2 Å². The topological polar surface area (TPSA) is 78.9 Å². The Morgan fingerprint density at radius 1 is 0.247 bits per heavy atom. The Labute approximate surface area is 505 Å². The number of ether oxygens (including phenoxy) is 3. The van der Waals surface area contributed by atoms with E-state index in [1.54, 1.807) is 0 Å². The first-order valence-corrected chi connectivity index (χ1v) is 36.1. The van der Waals surface area contributed by atoms with Crippen molar-refractivity contribution in [1.82, 2.24) is 0 Å². The highest BCUT2D eigenvalue weighted by Gasteiger charge is 2.19. The monoisotopic (exact) mass is 1140 g/mol. The summed E-state index contributed by atoms with van der Waals surface area (Å²) in [5, 5.41) is 0. The van der Waals surface area contributed by atoms with Crippen molar-refractivity contribution in [3.05, 3.63) is 48.6 Å². The standard InChI is InChI=1S/C75H138O6/c1-4-7-10-13-16-19-22-25-28-30-32-34-35-36-37-38-39-41-42-44-47-50-53-56-59-62-65-68-74(77)80-71-72(70-79-73(76)67-64-61-58-55-52-49-46-27-24-21-18-15-12-9-6-3)81-75(78)69-66-63-60-57-54-51-48-45-43-40-33-31-29-26-23-20-17-14-11-8-5-2/h18,21,23,26-27,31,33,46,72H,4-17,19-20,22,24-25,28-30,32,34-45,47-71H2,1-3H3/b21-18-,26-23-,33-31-,46-27-. The molecule has 0 aliphatic heterocycles. The van der Waals surface area contributed by atoms with Gasteiger partial charge in [0, 0.05) is 19.3 Å². The first-order chi connectivity index (χ1) is 40.0. The van der Waals surface area contributed by atoms with Crippen molar-refractivity contribution in [1.29, 1.82) is 0 Å². The number of rotatable bonds is 67. The lowest BCUT2D eigenvalue weighted by Crippen LogP contribution is -2.30. The highest BCUT2D eigenvalue weighted by molar-refractivity contribution is 5.71. The average Bonchev–Trinajstić information content (AvgIpc) is 3.47. The van der Waals surface area contributed by atoms with Crippen LogP contribution >= 0.6 is 0 Å². The molecule has 0 aliphatic rings. The second kappa shape index (κ2) is 69.9. The number of carbonyl (C=O) groups excluding carboxylic acids is 3. The van der Waals surface area contributed by atoms with Gasteiger partial charge in [0.05, 0.1) is 0 Å². The van der Waals surface area contributed by atoms with Crippen LogP contribution in [0.15, 0.2) is 48.6 Å². The van der Waals surface area contributed by atoms with Crippen molar-refractivity contribution in [2.24, 2.45) is 0 Å². The van der Waals surface area contributed by atoms with Crippen LogP contribution in [0.4, 0.5) is 0 Å². The van der Waals surface area contributed by atoms with Gasteiger partial charge in [-0.15, -0.1) is 0 Å². The summed E-state index contributed by atoms with van der Waals surface area (Å²) < 4.78 is 17.0. The van der Waals surface area contributed by atoms with Crippen molar-refractivity contribution < 1.29 is 28.6 Å². The molecule has 0 radical (unpaired) electrons. The molecule has 0 aromatic rings. The van der Waals surface area contributed by atoms with Gasteiger partial charge in [0.15, 0.2) is 6.10 Å². The van der Waals surface area contributed by atoms with Crippen LogP contribution in [-0.4, -0.2) is 37.2 Å². The van der Waals surface area contributed by atoms with Gasteiger partial charge in [0.25, 0.3) is 0 Å². The van der Waals surface area contributed by atoms with Crippen LogP contribution in [0.2, 0.25) is 0 Å². The lowest BCUT2D eigenvalue weighted by Gasteiger charge is -2.18. The third kappa shape index (κ3) is 68.0. The van der Waals surface area contributed by atoms with Crippen molar-refractivity contribution >= 4 is 17.9 Å². The summed E-state index contributed by atoms with van der Waals surface area (Å²) in [7, 11) is 0. The zero-order chi connectivity index (χ0) is 58.5. The molecule has 0 spiro atoms. The SMILES string of the molecule is CCCCC/C=C\C/C=C\CCCCCCCC(=O)OCC(COC(=O)CCCCCCCCCCCCCCCCCCCCCCCCCCCCC)OC(=O)CCCCCCCCCCC/C=C\C/C=C\CCCCCCC. The molecule has 0 amide bonds. The van der Waals surface area contributed by atoms with E-state index < -0.39 is 6.10 Å². The van der Waals surface area contributed by atoms with Crippen LogP contribution in [0, 0.1) is 0 Å². The number of hydrogen-bond acceptors (Lipinski definition) is 6. The molecule has 0 aromatic heterocycles. The van der Waals surface area contributed by atoms with Crippen LogP contribution < -0.4 is 0 Å². The van der Waals surface area contributed by atoms with Crippen LogP contribution in [0.5, 0.6) is 0 Å². The fourth-order valence-corrected chi connectivity index (χ4v) is 10.9. The molecule has 6 nitrogen and oxygen atoms in total. The molecule has 0 aromatic carbocycles. The summed E-state index contributed by atoms with van der Waals surface area (Å²) in [6.45, 7) is 6.66. The summed E-state index contributed by atoms with van der Waals surface area (Å²) in [5.74, 6) is -0.868. The van der Waals surface area contributed by atoms with E-state index in [0.717, 1.165) is 83.5 Å². The highest BCUT2D eigenvalue weighted by atomic mass is 16.6. The van der Waals surface area contributed by atoms with Crippen molar-refractivity contribution in [3.63, 3.8) is 0 Å². The smallest absolute Gasteiger partial charge is 0.306 e. The Balaban J connectivity index is 4.26. The molecule has 0 N–H and O–H groups in total. The summed E-state index contributed by atoms with van der Waals surface area (Å²) in [6, 6.07) is 0. The van der Waals surface area contributed by atoms with E-state index in [2.05, 4.69) is 69.4 Å². The van der Waals surface area contributed by atoms with Gasteiger partial charge in [-0.2, -0.15) is 0 Å². The Morgan fingerprint density at radius 3 is 0.704 bits per heavy atom. The van der Waals surface area contributed by atoms with Gasteiger partial charge in [-0.1, -0.05) is 339 Å². The zero-order valence-corrected chi connectivity index (χ0v) is 54.6. The molecule has 1 atom stereocenters. The maximum absolute atomic E-state index is 13.0. The normalized spacial score (nSPS) is 12.3. The van der Waals surface area contributed by atoms with Crippen molar-refractivity contribution in [2.45, 2.75) is 399 Å². The van der Waals surface area contributed by atoms with Gasteiger partial charge in [0.1, 0.15) is 13.2 Å². The molecular weight excluding hydrogens is 997 g/mol. The van der Waals surface area contributed by atoms with E-state index in [1.807, 2.05) is 0 Å². The molecule has 1 unspecified atom stereocenters. The number of hydrogen-bond donors (Lipinski definition) is 0. The summed E-state index contributed by atoms with van der Waals surface area (Å²) in [4.78, 5) is 38.5. The van der Waals surface area contributed by atoms with Gasteiger partial charge in [-0.3, -0.25) is 14.4 Å². The average molecular weight is 1140 g/mol. The van der Waals surface area contributed by atoms with Gasteiger partial charge >= 0.3 is 17.9 Å². The lowest BCUT2D eigenvalue weighted by molar-refractivity contribution is -0.167. The molecule has 0 fully saturated rings. The second-order valence-electron chi connectivity index (χ2n) is 24.5. The van der Waals surface area contributed by atoms with E-state index in [9.17, 15) is 14.4 Å². The third-order valence-corrected chi connectivity index (χ3v) is 16.3. The second-order valence-corrected chi connectivity index (χ2v) is 24.5. The maximum Gasteiger partial charge on any atom is 0.306 e. The quantitative estimate of drug-likeness (QED) is 0.0261. The zero-order valence-electron chi connectivity index (χ0n) is 54.6.